The average Bonchev–Trinajstić information content (AvgIpc) is 2.48. The van der Waals surface area contributed by atoms with E-state index in [1.807, 2.05) is 0 Å². The lowest BCUT2D eigenvalue weighted by molar-refractivity contribution is -0.149. The van der Waals surface area contributed by atoms with E-state index in [1.165, 1.54) is 4.90 Å². The third-order valence-electron chi connectivity index (χ3n) is 3.99. The molecule has 0 atom stereocenters. The van der Waals surface area contributed by atoms with E-state index in [1.54, 1.807) is 24.3 Å². The Kier molecular flexibility index (Phi) is 5.57. The smallest absolute Gasteiger partial charge is 0.323 e. The normalized spacial score (nSPS) is 17.7. The maximum absolute atomic E-state index is 13.2. The average molecular weight is 346 g/mol. The summed E-state index contributed by atoms with van der Waals surface area (Å²) in [5.74, 6) is -4.77. The summed E-state index contributed by atoms with van der Waals surface area (Å²) in [6, 6.07) is 6.72. The number of benzene rings is 1. The van der Waals surface area contributed by atoms with E-state index in [9.17, 15) is 18.4 Å². The van der Waals surface area contributed by atoms with Crippen LogP contribution in [-0.2, 0) is 16.1 Å². The van der Waals surface area contributed by atoms with Crippen molar-refractivity contribution in [3.8, 4) is 0 Å². The van der Waals surface area contributed by atoms with Gasteiger partial charge in [0.15, 0.2) is 0 Å². The zero-order valence-electron chi connectivity index (χ0n) is 12.5. The number of carbonyl (C=O) groups excluding carboxylic acids is 1. The van der Waals surface area contributed by atoms with Crippen molar-refractivity contribution >= 4 is 23.5 Å². The number of alkyl halides is 2. The minimum atomic E-state index is -2.72. The Morgan fingerprint density at radius 1 is 1.22 bits per heavy atom. The number of amides is 1. The lowest BCUT2D eigenvalue weighted by Gasteiger charge is -2.31. The highest BCUT2D eigenvalue weighted by molar-refractivity contribution is 6.30. The molecule has 1 aromatic rings. The highest BCUT2D eigenvalue weighted by atomic mass is 35.5. The van der Waals surface area contributed by atoms with Gasteiger partial charge in [0.1, 0.15) is 6.54 Å². The maximum atomic E-state index is 13.2. The quantitative estimate of drug-likeness (QED) is 0.887. The fourth-order valence-corrected chi connectivity index (χ4v) is 2.86. The van der Waals surface area contributed by atoms with E-state index in [-0.39, 0.29) is 38.1 Å². The first kappa shape index (κ1) is 17.7. The first-order valence-corrected chi connectivity index (χ1v) is 7.77. The van der Waals surface area contributed by atoms with Gasteiger partial charge in [-0.1, -0.05) is 23.7 Å². The Morgan fingerprint density at radius 2 is 1.78 bits per heavy atom. The third-order valence-corrected chi connectivity index (χ3v) is 4.24. The Bertz CT molecular complexity index is 567. The summed E-state index contributed by atoms with van der Waals surface area (Å²) in [4.78, 5) is 24.7. The monoisotopic (exact) mass is 345 g/mol. The highest BCUT2D eigenvalue weighted by Crippen LogP contribution is 2.37. The van der Waals surface area contributed by atoms with Gasteiger partial charge < -0.3 is 10.0 Å². The SMILES string of the molecule is O=C(O)CN(Cc1ccc(Cl)cc1)C(=O)C1CCC(F)(F)CC1. The number of carboxylic acids is 1. The molecule has 23 heavy (non-hydrogen) atoms. The van der Waals surface area contributed by atoms with Crippen LogP contribution in [0.3, 0.4) is 0 Å². The number of nitrogens with zero attached hydrogens (tertiary/aromatic N) is 1. The molecule has 1 aliphatic rings. The van der Waals surface area contributed by atoms with Gasteiger partial charge in [-0.05, 0) is 30.5 Å². The predicted octanol–water partition coefficient (Wildman–Crippen LogP) is 3.58. The Balaban J connectivity index is 2.06. The molecule has 0 radical (unpaired) electrons. The largest absolute Gasteiger partial charge is 0.480 e. The lowest BCUT2D eigenvalue weighted by atomic mass is 9.86. The molecule has 0 aliphatic heterocycles. The van der Waals surface area contributed by atoms with Gasteiger partial charge in [0.25, 0.3) is 0 Å². The second kappa shape index (κ2) is 7.25. The number of aliphatic carboxylic acids is 1. The molecule has 126 valence electrons. The van der Waals surface area contributed by atoms with Crippen LogP contribution in [0.2, 0.25) is 5.02 Å². The van der Waals surface area contributed by atoms with E-state index < -0.39 is 24.4 Å². The fourth-order valence-electron chi connectivity index (χ4n) is 2.73. The zero-order valence-corrected chi connectivity index (χ0v) is 13.2. The summed E-state index contributed by atoms with van der Waals surface area (Å²) < 4.78 is 26.4. The molecule has 0 unspecified atom stereocenters. The van der Waals surface area contributed by atoms with Crippen LogP contribution >= 0.6 is 11.6 Å². The van der Waals surface area contributed by atoms with Crippen molar-refractivity contribution in [2.24, 2.45) is 5.92 Å². The van der Waals surface area contributed by atoms with Gasteiger partial charge in [-0.15, -0.1) is 0 Å². The van der Waals surface area contributed by atoms with Crippen molar-refractivity contribution in [3.05, 3.63) is 34.9 Å². The molecule has 1 saturated carbocycles. The molecular weight excluding hydrogens is 328 g/mol. The number of hydrogen-bond acceptors (Lipinski definition) is 2. The molecule has 0 heterocycles. The predicted molar refractivity (Wildman–Crippen MR) is 81.4 cm³/mol. The first-order valence-electron chi connectivity index (χ1n) is 7.40. The molecule has 1 N–H and O–H groups in total. The summed E-state index contributed by atoms with van der Waals surface area (Å²) >= 11 is 5.80. The van der Waals surface area contributed by atoms with Crippen LogP contribution in [0.4, 0.5) is 8.78 Å². The van der Waals surface area contributed by atoms with Crippen molar-refractivity contribution in [2.75, 3.05) is 6.54 Å². The topological polar surface area (TPSA) is 57.6 Å². The Hall–Kier alpha value is -1.69. The number of hydrogen-bond donors (Lipinski definition) is 1. The van der Waals surface area contributed by atoms with Gasteiger partial charge in [0.05, 0.1) is 0 Å². The van der Waals surface area contributed by atoms with E-state index >= 15 is 0 Å². The van der Waals surface area contributed by atoms with Gasteiger partial charge in [-0.3, -0.25) is 9.59 Å². The zero-order chi connectivity index (χ0) is 17.0. The van der Waals surface area contributed by atoms with E-state index in [0.29, 0.717) is 5.02 Å². The van der Waals surface area contributed by atoms with Crippen molar-refractivity contribution in [2.45, 2.75) is 38.2 Å². The molecule has 2 rings (SSSR count). The molecule has 1 fully saturated rings. The third kappa shape index (κ3) is 5.16. The van der Waals surface area contributed by atoms with Crippen LogP contribution in [0.25, 0.3) is 0 Å². The summed E-state index contributed by atoms with van der Waals surface area (Å²) in [6.45, 7) is -0.330. The van der Waals surface area contributed by atoms with Crippen LogP contribution in [0, 0.1) is 5.92 Å². The molecule has 0 bridgehead atoms. The highest BCUT2D eigenvalue weighted by Gasteiger charge is 2.38. The van der Waals surface area contributed by atoms with Gasteiger partial charge in [-0.2, -0.15) is 0 Å². The molecule has 1 aromatic carbocycles. The van der Waals surface area contributed by atoms with Gasteiger partial charge in [0, 0.05) is 30.3 Å². The summed E-state index contributed by atoms with van der Waals surface area (Å²) in [7, 11) is 0. The Morgan fingerprint density at radius 3 is 2.30 bits per heavy atom. The van der Waals surface area contributed by atoms with E-state index in [0.717, 1.165) is 5.56 Å². The molecule has 7 heteroatoms. The molecule has 1 amide bonds. The van der Waals surface area contributed by atoms with Gasteiger partial charge >= 0.3 is 5.97 Å². The van der Waals surface area contributed by atoms with Crippen LogP contribution < -0.4 is 0 Å². The summed E-state index contributed by atoms with van der Waals surface area (Å²) in [5, 5.41) is 9.54. The second-order valence-corrected chi connectivity index (χ2v) is 6.28. The first-order chi connectivity index (χ1) is 10.8. The van der Waals surface area contributed by atoms with Crippen LogP contribution in [0.5, 0.6) is 0 Å². The summed E-state index contributed by atoms with van der Waals surface area (Å²) in [6.07, 6.45) is -0.484. The maximum Gasteiger partial charge on any atom is 0.323 e. The second-order valence-electron chi connectivity index (χ2n) is 5.84. The molecule has 1 aliphatic carbocycles. The van der Waals surface area contributed by atoms with Crippen LogP contribution in [0.15, 0.2) is 24.3 Å². The number of carbonyl (C=O) groups is 2. The number of carboxylic acid groups (broad SMARTS) is 1. The van der Waals surface area contributed by atoms with Gasteiger partial charge in [0.2, 0.25) is 11.8 Å². The molecule has 0 aromatic heterocycles. The molecule has 4 nitrogen and oxygen atoms in total. The minimum absolute atomic E-state index is 0.0859. The summed E-state index contributed by atoms with van der Waals surface area (Å²) in [5.41, 5.74) is 0.741. The van der Waals surface area contributed by atoms with E-state index in [2.05, 4.69) is 0 Å². The van der Waals surface area contributed by atoms with Crippen molar-refractivity contribution in [3.63, 3.8) is 0 Å². The minimum Gasteiger partial charge on any atom is -0.480 e. The van der Waals surface area contributed by atoms with Crippen molar-refractivity contribution < 1.29 is 23.5 Å². The van der Waals surface area contributed by atoms with E-state index in [4.69, 9.17) is 16.7 Å². The van der Waals surface area contributed by atoms with Crippen LogP contribution in [0.1, 0.15) is 31.2 Å². The number of rotatable bonds is 5. The van der Waals surface area contributed by atoms with Gasteiger partial charge in [-0.25, -0.2) is 8.78 Å². The van der Waals surface area contributed by atoms with Crippen LogP contribution in [-0.4, -0.2) is 34.4 Å². The number of halogens is 3. The molecule has 0 spiro atoms. The molecule has 0 saturated heterocycles. The van der Waals surface area contributed by atoms with Crippen molar-refractivity contribution in [1.29, 1.82) is 0 Å². The molecular formula is C16H18ClF2NO3. The lowest BCUT2D eigenvalue weighted by Crippen LogP contribution is -2.41. The van der Waals surface area contributed by atoms with Crippen molar-refractivity contribution in [1.82, 2.24) is 4.90 Å². The Labute approximate surface area is 138 Å². The fraction of sp³-hybridized carbons (Fsp3) is 0.500. The standard InChI is InChI=1S/C16H18ClF2NO3/c17-13-3-1-11(2-4-13)9-20(10-14(21)22)15(23)12-5-7-16(18,19)8-6-12/h1-4,12H,5-10H2,(H,21,22).